The quantitative estimate of drug-likeness (QED) is 0.840. The summed E-state index contributed by atoms with van der Waals surface area (Å²) in [6.07, 6.45) is 1.88. The van der Waals surface area contributed by atoms with E-state index in [2.05, 4.69) is 14.9 Å². The van der Waals surface area contributed by atoms with E-state index in [1.807, 2.05) is 31.2 Å². The van der Waals surface area contributed by atoms with Gasteiger partial charge in [0.05, 0.1) is 0 Å². The topological polar surface area (TPSA) is 85.2 Å². The molecule has 19 heavy (non-hydrogen) atoms. The van der Waals surface area contributed by atoms with Crippen molar-refractivity contribution < 1.29 is 9.42 Å². The van der Waals surface area contributed by atoms with E-state index in [-0.39, 0.29) is 23.5 Å². The number of amides is 1. The highest BCUT2D eigenvalue weighted by atomic mass is 16.6. The Labute approximate surface area is 110 Å². The van der Waals surface area contributed by atoms with Crippen LogP contribution in [0.25, 0.3) is 0 Å². The molecule has 0 radical (unpaired) electrons. The van der Waals surface area contributed by atoms with Gasteiger partial charge in [0.2, 0.25) is 11.5 Å². The second-order valence-electron chi connectivity index (χ2n) is 4.69. The fourth-order valence-corrected chi connectivity index (χ4v) is 2.46. The van der Waals surface area contributed by atoms with E-state index < -0.39 is 0 Å². The molecular weight excluding hydrogens is 244 g/mol. The van der Waals surface area contributed by atoms with Crippen molar-refractivity contribution in [2.75, 3.05) is 10.6 Å². The average Bonchev–Trinajstić information content (AvgIpc) is 2.84. The van der Waals surface area contributed by atoms with Gasteiger partial charge in [-0.15, -0.1) is 0 Å². The summed E-state index contributed by atoms with van der Waals surface area (Å²) in [6, 6.07) is 7.96. The van der Waals surface area contributed by atoms with Crippen molar-refractivity contribution in [3.63, 3.8) is 0 Å². The lowest BCUT2D eigenvalue weighted by molar-refractivity contribution is 0.0966. The SMILES string of the molecule is CC1CCc2ccccc2N1C(=O)c1nonc1N. The Balaban J connectivity index is 2.05. The molecule has 2 heterocycles. The first-order valence-corrected chi connectivity index (χ1v) is 6.18. The van der Waals surface area contributed by atoms with Crippen LogP contribution in [0.1, 0.15) is 29.4 Å². The molecule has 1 aromatic carbocycles. The number of aryl methyl sites for hydroxylation is 1. The number of carbonyl (C=O) groups is 1. The van der Waals surface area contributed by atoms with Crippen molar-refractivity contribution in [2.45, 2.75) is 25.8 Å². The predicted molar refractivity (Wildman–Crippen MR) is 69.7 cm³/mol. The fourth-order valence-electron chi connectivity index (χ4n) is 2.46. The lowest BCUT2D eigenvalue weighted by Gasteiger charge is -2.34. The summed E-state index contributed by atoms with van der Waals surface area (Å²) in [7, 11) is 0. The molecule has 1 unspecified atom stereocenters. The van der Waals surface area contributed by atoms with Crippen LogP contribution in [0.2, 0.25) is 0 Å². The predicted octanol–water partition coefficient (Wildman–Crippen LogP) is 1.63. The van der Waals surface area contributed by atoms with E-state index >= 15 is 0 Å². The van der Waals surface area contributed by atoms with E-state index in [0.29, 0.717) is 0 Å². The Bertz CT molecular complexity index is 623. The van der Waals surface area contributed by atoms with Gasteiger partial charge in [-0.1, -0.05) is 18.2 Å². The zero-order chi connectivity index (χ0) is 13.4. The van der Waals surface area contributed by atoms with Crippen LogP contribution in [0, 0.1) is 0 Å². The van der Waals surface area contributed by atoms with Crippen LogP contribution in [0.3, 0.4) is 0 Å². The molecule has 1 amide bonds. The van der Waals surface area contributed by atoms with E-state index in [0.717, 1.165) is 24.1 Å². The number of anilines is 2. The molecule has 1 atom stereocenters. The highest BCUT2D eigenvalue weighted by Gasteiger charge is 2.31. The maximum absolute atomic E-state index is 12.5. The Morgan fingerprint density at radius 1 is 1.42 bits per heavy atom. The smallest absolute Gasteiger partial charge is 0.284 e. The molecule has 2 N–H and O–H groups in total. The first-order chi connectivity index (χ1) is 9.18. The minimum Gasteiger partial charge on any atom is -0.379 e. The lowest BCUT2D eigenvalue weighted by atomic mass is 9.96. The standard InChI is InChI=1S/C13H14N4O2/c1-8-6-7-9-4-2-3-5-10(9)17(8)13(18)11-12(14)16-19-15-11/h2-5,8H,6-7H2,1H3,(H2,14,16). The number of nitrogens with two attached hydrogens (primary N) is 1. The van der Waals surface area contributed by atoms with Crippen molar-refractivity contribution >= 4 is 17.4 Å². The summed E-state index contributed by atoms with van der Waals surface area (Å²) >= 11 is 0. The Kier molecular flexibility index (Phi) is 2.70. The summed E-state index contributed by atoms with van der Waals surface area (Å²) in [6.45, 7) is 2.01. The van der Waals surface area contributed by atoms with E-state index in [1.165, 1.54) is 0 Å². The Morgan fingerprint density at radius 2 is 2.21 bits per heavy atom. The Hall–Kier alpha value is -2.37. The molecule has 0 fully saturated rings. The minimum absolute atomic E-state index is 0.0280. The number of fused-ring (bicyclic) bond motifs is 1. The number of para-hydroxylation sites is 1. The second kappa shape index (κ2) is 4.38. The number of hydrogen-bond donors (Lipinski definition) is 1. The Morgan fingerprint density at radius 3 is 2.95 bits per heavy atom. The summed E-state index contributed by atoms with van der Waals surface area (Å²) in [5, 5.41) is 7.05. The number of hydrogen-bond acceptors (Lipinski definition) is 5. The van der Waals surface area contributed by atoms with Crippen LogP contribution in [-0.4, -0.2) is 22.3 Å². The third kappa shape index (κ3) is 1.85. The van der Waals surface area contributed by atoms with Gasteiger partial charge >= 0.3 is 0 Å². The number of benzene rings is 1. The number of rotatable bonds is 1. The summed E-state index contributed by atoms with van der Waals surface area (Å²) in [5.41, 5.74) is 7.74. The normalized spacial score (nSPS) is 18.2. The maximum Gasteiger partial charge on any atom is 0.284 e. The third-order valence-electron chi connectivity index (χ3n) is 3.46. The zero-order valence-electron chi connectivity index (χ0n) is 10.5. The summed E-state index contributed by atoms with van der Waals surface area (Å²) < 4.78 is 4.51. The van der Waals surface area contributed by atoms with E-state index in [9.17, 15) is 4.79 Å². The molecular formula is C13H14N4O2. The van der Waals surface area contributed by atoms with Gasteiger partial charge in [0.1, 0.15) is 0 Å². The highest BCUT2D eigenvalue weighted by molar-refractivity contribution is 6.08. The van der Waals surface area contributed by atoms with E-state index in [1.54, 1.807) is 4.90 Å². The summed E-state index contributed by atoms with van der Waals surface area (Å²) in [4.78, 5) is 14.3. The van der Waals surface area contributed by atoms with Crippen LogP contribution >= 0.6 is 0 Å². The minimum atomic E-state index is -0.265. The van der Waals surface area contributed by atoms with Crippen LogP contribution in [-0.2, 0) is 6.42 Å². The van der Waals surface area contributed by atoms with Crippen LogP contribution < -0.4 is 10.6 Å². The number of aromatic nitrogens is 2. The average molecular weight is 258 g/mol. The first kappa shape index (κ1) is 11.7. The van der Waals surface area contributed by atoms with Crippen molar-refractivity contribution in [1.29, 1.82) is 0 Å². The van der Waals surface area contributed by atoms with Gasteiger partial charge in [-0.3, -0.25) is 4.79 Å². The molecule has 98 valence electrons. The monoisotopic (exact) mass is 258 g/mol. The molecule has 1 aliphatic heterocycles. The largest absolute Gasteiger partial charge is 0.379 e. The fraction of sp³-hybridized carbons (Fsp3) is 0.308. The number of nitrogens with zero attached hydrogens (tertiary/aromatic N) is 3. The van der Waals surface area contributed by atoms with Gasteiger partial charge in [-0.05, 0) is 41.7 Å². The van der Waals surface area contributed by atoms with Crippen molar-refractivity contribution in [3.05, 3.63) is 35.5 Å². The van der Waals surface area contributed by atoms with Gasteiger partial charge in [0.25, 0.3) is 5.91 Å². The lowest BCUT2D eigenvalue weighted by Crippen LogP contribution is -2.42. The molecule has 6 heteroatoms. The van der Waals surface area contributed by atoms with Gasteiger partial charge in [-0.25, -0.2) is 4.63 Å². The van der Waals surface area contributed by atoms with Gasteiger partial charge in [0.15, 0.2) is 0 Å². The number of carbonyl (C=O) groups excluding carboxylic acids is 1. The molecule has 0 saturated heterocycles. The molecule has 1 aliphatic rings. The molecule has 0 saturated carbocycles. The summed E-state index contributed by atoms with van der Waals surface area (Å²) in [5.74, 6) is -0.237. The van der Waals surface area contributed by atoms with Gasteiger partial charge in [-0.2, -0.15) is 0 Å². The van der Waals surface area contributed by atoms with Crippen molar-refractivity contribution in [3.8, 4) is 0 Å². The van der Waals surface area contributed by atoms with Crippen molar-refractivity contribution in [1.82, 2.24) is 10.3 Å². The van der Waals surface area contributed by atoms with Gasteiger partial charge in [0, 0.05) is 11.7 Å². The molecule has 2 aromatic rings. The van der Waals surface area contributed by atoms with E-state index in [4.69, 9.17) is 5.73 Å². The molecule has 3 rings (SSSR count). The molecule has 0 spiro atoms. The van der Waals surface area contributed by atoms with Crippen LogP contribution in [0.5, 0.6) is 0 Å². The van der Waals surface area contributed by atoms with Crippen LogP contribution in [0.15, 0.2) is 28.9 Å². The third-order valence-corrected chi connectivity index (χ3v) is 3.46. The van der Waals surface area contributed by atoms with Crippen molar-refractivity contribution in [2.24, 2.45) is 0 Å². The molecule has 1 aromatic heterocycles. The molecule has 6 nitrogen and oxygen atoms in total. The van der Waals surface area contributed by atoms with Crippen LogP contribution in [0.4, 0.5) is 11.5 Å². The van der Waals surface area contributed by atoms with Gasteiger partial charge < -0.3 is 10.6 Å². The maximum atomic E-state index is 12.5. The zero-order valence-corrected chi connectivity index (χ0v) is 10.5. The second-order valence-corrected chi connectivity index (χ2v) is 4.69. The first-order valence-electron chi connectivity index (χ1n) is 6.18. The molecule has 0 aliphatic carbocycles. The number of nitrogen functional groups attached to an aromatic ring is 1. The molecule has 0 bridgehead atoms. The highest BCUT2D eigenvalue weighted by Crippen LogP contribution is 2.31.